The Labute approximate surface area is 200 Å². The number of unbranched alkanes of at least 4 members (excludes halogenated alkanes) is 1. The van der Waals surface area contributed by atoms with Gasteiger partial charge in [0.05, 0.1) is 12.4 Å². The molecule has 12 heteroatoms. The van der Waals surface area contributed by atoms with Gasteiger partial charge in [0.25, 0.3) is 0 Å². The molecule has 0 bridgehead atoms. The number of carboxylic acid groups (broad SMARTS) is 1. The molecule has 192 valence electrons. The number of carbonyl (C=O) groups is 4. The van der Waals surface area contributed by atoms with Crippen molar-refractivity contribution in [3.05, 3.63) is 18.2 Å². The number of aliphatic carboxylic acids is 1. The standard InChI is InChI=1S/C22H39N7O5/c1-12(2)17(24)20(31)29-18(13(3)4)21(32)28-16(9-14-10-25-11-26-14)19(30)27-15(22(33)34)7-5-6-8-23/h10-13,15-18H,5-9,23-24H2,1-4H3,(H,25,26)(H,27,30)(H,28,32)(H,29,31)(H,33,34). The van der Waals surface area contributed by atoms with Gasteiger partial charge in [0, 0.05) is 18.3 Å². The Morgan fingerprint density at radius 3 is 2.12 bits per heavy atom. The Morgan fingerprint density at radius 2 is 1.62 bits per heavy atom. The first-order chi connectivity index (χ1) is 16.0. The van der Waals surface area contributed by atoms with Crippen LogP contribution >= 0.6 is 0 Å². The molecule has 4 unspecified atom stereocenters. The molecule has 0 radical (unpaired) electrons. The molecule has 4 atom stereocenters. The Bertz CT molecular complexity index is 798. The van der Waals surface area contributed by atoms with Gasteiger partial charge in [-0.05, 0) is 37.6 Å². The molecule has 12 nitrogen and oxygen atoms in total. The van der Waals surface area contributed by atoms with Crippen LogP contribution in [0, 0.1) is 11.8 Å². The van der Waals surface area contributed by atoms with Gasteiger partial charge in [0.2, 0.25) is 17.7 Å². The fourth-order valence-electron chi connectivity index (χ4n) is 3.20. The number of H-pyrrole nitrogens is 1. The van der Waals surface area contributed by atoms with Crippen LogP contribution in [-0.2, 0) is 25.6 Å². The van der Waals surface area contributed by atoms with E-state index in [1.165, 1.54) is 12.5 Å². The lowest BCUT2D eigenvalue weighted by Crippen LogP contribution is -2.59. The Balaban J connectivity index is 3.01. The Hall–Kier alpha value is -2.99. The third-order valence-electron chi connectivity index (χ3n) is 5.44. The van der Waals surface area contributed by atoms with Crippen molar-refractivity contribution >= 4 is 23.7 Å². The first-order valence-electron chi connectivity index (χ1n) is 11.5. The molecular weight excluding hydrogens is 442 g/mol. The van der Waals surface area contributed by atoms with Crippen molar-refractivity contribution in [3.8, 4) is 0 Å². The minimum atomic E-state index is -1.17. The van der Waals surface area contributed by atoms with Gasteiger partial charge in [-0.2, -0.15) is 0 Å². The van der Waals surface area contributed by atoms with E-state index in [1.54, 1.807) is 27.7 Å². The summed E-state index contributed by atoms with van der Waals surface area (Å²) in [4.78, 5) is 56.9. The lowest BCUT2D eigenvalue weighted by atomic mass is 9.99. The molecule has 1 aromatic rings. The molecule has 1 aromatic heterocycles. The largest absolute Gasteiger partial charge is 0.480 e. The van der Waals surface area contributed by atoms with Gasteiger partial charge >= 0.3 is 5.97 Å². The molecule has 1 heterocycles. The van der Waals surface area contributed by atoms with E-state index in [0.717, 1.165) is 0 Å². The van der Waals surface area contributed by atoms with Gasteiger partial charge in [-0.15, -0.1) is 0 Å². The van der Waals surface area contributed by atoms with Crippen molar-refractivity contribution in [1.82, 2.24) is 25.9 Å². The predicted octanol–water partition coefficient (Wildman–Crippen LogP) is -0.740. The highest BCUT2D eigenvalue weighted by Gasteiger charge is 2.32. The zero-order chi connectivity index (χ0) is 25.8. The fraction of sp³-hybridized carbons (Fsp3) is 0.682. The first kappa shape index (κ1) is 29.0. The summed E-state index contributed by atoms with van der Waals surface area (Å²) in [7, 11) is 0. The van der Waals surface area contributed by atoms with Crippen molar-refractivity contribution in [2.75, 3.05) is 6.54 Å². The minimum Gasteiger partial charge on any atom is -0.480 e. The van der Waals surface area contributed by atoms with Crippen molar-refractivity contribution in [2.24, 2.45) is 23.3 Å². The van der Waals surface area contributed by atoms with E-state index < -0.39 is 47.9 Å². The van der Waals surface area contributed by atoms with Crippen LogP contribution in [0.4, 0.5) is 0 Å². The Kier molecular flexibility index (Phi) is 12.2. The van der Waals surface area contributed by atoms with Crippen molar-refractivity contribution in [1.29, 1.82) is 0 Å². The van der Waals surface area contributed by atoms with Gasteiger partial charge in [0.15, 0.2) is 0 Å². The summed E-state index contributed by atoms with van der Waals surface area (Å²) < 4.78 is 0. The summed E-state index contributed by atoms with van der Waals surface area (Å²) in [6.07, 6.45) is 4.36. The molecule has 0 aliphatic carbocycles. The van der Waals surface area contributed by atoms with Crippen LogP contribution in [0.5, 0.6) is 0 Å². The molecule has 3 amide bonds. The lowest BCUT2D eigenvalue weighted by molar-refractivity contribution is -0.142. The second kappa shape index (κ2) is 14.3. The molecule has 0 spiro atoms. The number of nitrogens with two attached hydrogens (primary N) is 2. The zero-order valence-corrected chi connectivity index (χ0v) is 20.3. The number of aromatic nitrogens is 2. The SMILES string of the molecule is CC(C)C(N)C(=O)NC(C(=O)NC(Cc1cnc[nH]1)C(=O)NC(CCCCN)C(=O)O)C(C)C. The topological polar surface area (TPSA) is 205 Å². The number of hydrogen-bond acceptors (Lipinski definition) is 7. The maximum absolute atomic E-state index is 13.1. The number of hydrogen-bond donors (Lipinski definition) is 7. The number of rotatable bonds is 15. The van der Waals surface area contributed by atoms with Crippen LogP contribution < -0.4 is 27.4 Å². The number of carboxylic acids is 1. The number of nitrogens with one attached hydrogen (secondary N) is 4. The highest BCUT2D eigenvalue weighted by Crippen LogP contribution is 2.08. The second-order valence-electron chi connectivity index (χ2n) is 9.03. The van der Waals surface area contributed by atoms with Crippen molar-refractivity contribution in [2.45, 2.75) is 77.5 Å². The van der Waals surface area contributed by atoms with Crippen LogP contribution in [-0.4, -0.2) is 69.5 Å². The maximum atomic E-state index is 13.1. The van der Waals surface area contributed by atoms with Crippen LogP contribution in [0.3, 0.4) is 0 Å². The van der Waals surface area contributed by atoms with E-state index in [9.17, 15) is 24.3 Å². The molecule has 9 N–H and O–H groups in total. The smallest absolute Gasteiger partial charge is 0.326 e. The number of carbonyl (C=O) groups excluding carboxylic acids is 3. The van der Waals surface area contributed by atoms with Gasteiger partial charge in [-0.3, -0.25) is 14.4 Å². The maximum Gasteiger partial charge on any atom is 0.326 e. The van der Waals surface area contributed by atoms with Gasteiger partial charge < -0.3 is 37.5 Å². The molecule has 34 heavy (non-hydrogen) atoms. The van der Waals surface area contributed by atoms with Gasteiger partial charge in [-0.1, -0.05) is 27.7 Å². The molecule has 0 saturated carbocycles. The van der Waals surface area contributed by atoms with Crippen molar-refractivity contribution in [3.63, 3.8) is 0 Å². The number of aromatic amines is 1. The van der Waals surface area contributed by atoms with E-state index in [2.05, 4.69) is 25.9 Å². The van der Waals surface area contributed by atoms with E-state index in [-0.39, 0.29) is 24.7 Å². The highest BCUT2D eigenvalue weighted by molar-refractivity contribution is 5.94. The van der Waals surface area contributed by atoms with E-state index in [0.29, 0.717) is 25.1 Å². The number of nitrogens with zero attached hydrogens (tertiary/aromatic N) is 1. The molecule has 0 aliphatic rings. The summed E-state index contributed by atoms with van der Waals surface area (Å²) in [6, 6.07) is -3.94. The summed E-state index contributed by atoms with van der Waals surface area (Å²) in [6.45, 7) is 7.53. The quantitative estimate of drug-likeness (QED) is 0.158. The highest BCUT2D eigenvalue weighted by atomic mass is 16.4. The summed E-state index contributed by atoms with van der Waals surface area (Å²) in [5.74, 6) is -3.29. The third kappa shape index (κ3) is 9.48. The van der Waals surface area contributed by atoms with Crippen LogP contribution in [0.2, 0.25) is 0 Å². The summed E-state index contributed by atoms with van der Waals surface area (Å²) in [5, 5.41) is 17.3. The first-order valence-corrected chi connectivity index (χ1v) is 11.5. The molecule has 0 aromatic carbocycles. The van der Waals surface area contributed by atoms with Crippen LogP contribution in [0.1, 0.15) is 52.7 Å². The van der Waals surface area contributed by atoms with Gasteiger partial charge in [0.1, 0.15) is 18.1 Å². The molecule has 0 fully saturated rings. The van der Waals surface area contributed by atoms with E-state index >= 15 is 0 Å². The molecule has 1 rings (SSSR count). The van der Waals surface area contributed by atoms with Crippen LogP contribution in [0.15, 0.2) is 12.5 Å². The third-order valence-corrected chi connectivity index (χ3v) is 5.44. The lowest BCUT2D eigenvalue weighted by Gasteiger charge is -2.27. The van der Waals surface area contributed by atoms with Crippen LogP contribution in [0.25, 0.3) is 0 Å². The minimum absolute atomic E-state index is 0.0526. The number of amides is 3. The molecular formula is C22H39N7O5. The predicted molar refractivity (Wildman–Crippen MR) is 126 cm³/mol. The molecule has 0 saturated heterocycles. The monoisotopic (exact) mass is 481 g/mol. The van der Waals surface area contributed by atoms with Gasteiger partial charge in [-0.25, -0.2) is 9.78 Å². The average Bonchev–Trinajstić information content (AvgIpc) is 3.28. The van der Waals surface area contributed by atoms with E-state index in [1.807, 2.05) is 0 Å². The number of imidazole rings is 1. The normalized spacial score (nSPS) is 14.8. The zero-order valence-electron chi connectivity index (χ0n) is 20.3. The molecule has 0 aliphatic heterocycles. The Morgan fingerprint density at radius 1 is 0.971 bits per heavy atom. The average molecular weight is 482 g/mol. The fourth-order valence-corrected chi connectivity index (χ4v) is 3.20. The van der Waals surface area contributed by atoms with E-state index in [4.69, 9.17) is 11.5 Å². The second-order valence-corrected chi connectivity index (χ2v) is 9.03. The summed E-state index contributed by atoms with van der Waals surface area (Å²) >= 11 is 0. The van der Waals surface area contributed by atoms with Crippen molar-refractivity contribution < 1.29 is 24.3 Å². The summed E-state index contributed by atoms with van der Waals surface area (Å²) in [5.41, 5.74) is 11.9.